The molecule has 0 radical (unpaired) electrons. The zero-order chi connectivity index (χ0) is 22.2. The molecule has 0 bridgehead atoms. The van der Waals surface area contributed by atoms with Crippen molar-refractivity contribution < 1.29 is 32.4 Å². The van der Waals surface area contributed by atoms with E-state index in [0.717, 1.165) is 5.56 Å². The van der Waals surface area contributed by atoms with Gasteiger partial charge in [0.2, 0.25) is 12.2 Å². The number of ketones is 1. The molecule has 0 aliphatic carbocycles. The molecule has 1 N–H and O–H groups in total. The Morgan fingerprint density at radius 2 is 1.76 bits per heavy atom. The summed E-state index contributed by atoms with van der Waals surface area (Å²) in [5.41, 5.74) is -0.322. The molecule has 2 atom stereocenters. The lowest BCUT2D eigenvalue weighted by molar-refractivity contribution is -0.244. The maximum atomic E-state index is 13.0. The van der Waals surface area contributed by atoms with Gasteiger partial charge in [0.05, 0.1) is 18.1 Å². The van der Waals surface area contributed by atoms with Crippen LogP contribution in [0.25, 0.3) is 0 Å². The van der Waals surface area contributed by atoms with Crippen molar-refractivity contribution in [1.29, 1.82) is 0 Å². The molecule has 0 aliphatic heterocycles. The van der Waals surface area contributed by atoms with E-state index in [2.05, 4.69) is 5.32 Å². The summed E-state index contributed by atoms with van der Waals surface area (Å²) >= 11 is 0. The molecule has 6 nitrogen and oxygen atoms in total. The van der Waals surface area contributed by atoms with E-state index in [4.69, 9.17) is 4.84 Å². The SMILES string of the molecule is CCC[C@H](NC(=O)C(=O)[C@H](CC(F)(F)F)N(C=O)OC(C)(C)C)c1ccccc1. The van der Waals surface area contributed by atoms with Gasteiger partial charge in [0, 0.05) is 0 Å². The fraction of sp³-hybridized carbons (Fsp3) is 0.550. The Morgan fingerprint density at radius 1 is 1.17 bits per heavy atom. The lowest BCUT2D eigenvalue weighted by Gasteiger charge is -2.32. The third kappa shape index (κ3) is 8.64. The molecule has 1 rings (SSSR count). The molecule has 1 aromatic carbocycles. The van der Waals surface area contributed by atoms with E-state index in [9.17, 15) is 27.6 Å². The van der Waals surface area contributed by atoms with Gasteiger partial charge in [-0.3, -0.25) is 19.2 Å². The summed E-state index contributed by atoms with van der Waals surface area (Å²) in [6.45, 7) is 6.39. The molecule has 0 aliphatic rings. The summed E-state index contributed by atoms with van der Waals surface area (Å²) in [5, 5.41) is 2.76. The summed E-state index contributed by atoms with van der Waals surface area (Å²) in [6.07, 6.45) is -5.34. The molecule has 0 heterocycles. The van der Waals surface area contributed by atoms with Gasteiger partial charge in [0.25, 0.3) is 5.91 Å². The normalized spacial score (nSPS) is 14.0. The Bertz CT molecular complexity index is 687. The standard InChI is InChI=1S/C20H27F3N2O4/c1-5-9-15(14-10-7-6-8-11-14)24-18(28)17(27)16(12-20(21,22)23)25(13-26)29-19(2,3)4/h6-8,10-11,13,15-16H,5,9,12H2,1-4H3,(H,24,28)/t15-,16-/m0/s1. The van der Waals surface area contributed by atoms with Crippen LogP contribution in [-0.2, 0) is 19.2 Å². The van der Waals surface area contributed by atoms with Crippen LogP contribution in [0.15, 0.2) is 30.3 Å². The molecule has 162 valence electrons. The van der Waals surface area contributed by atoms with Crippen LogP contribution in [0.5, 0.6) is 0 Å². The molecule has 0 saturated carbocycles. The molecule has 9 heteroatoms. The number of halogens is 3. The molecule has 0 fully saturated rings. The van der Waals surface area contributed by atoms with Crippen LogP contribution in [0.2, 0.25) is 0 Å². The first-order valence-corrected chi connectivity index (χ1v) is 9.27. The maximum absolute atomic E-state index is 13.0. The fourth-order valence-corrected chi connectivity index (χ4v) is 2.67. The Kier molecular flexibility index (Phi) is 8.81. The van der Waals surface area contributed by atoms with Gasteiger partial charge in [-0.05, 0) is 32.8 Å². The van der Waals surface area contributed by atoms with Crippen molar-refractivity contribution in [2.24, 2.45) is 0 Å². The summed E-state index contributed by atoms with van der Waals surface area (Å²) in [5.74, 6) is -2.60. The first-order chi connectivity index (χ1) is 13.4. The van der Waals surface area contributed by atoms with Gasteiger partial charge in [0.15, 0.2) is 0 Å². The number of hydrogen-bond donors (Lipinski definition) is 1. The van der Waals surface area contributed by atoms with Gasteiger partial charge in [-0.2, -0.15) is 13.2 Å². The van der Waals surface area contributed by atoms with Crippen LogP contribution in [0, 0.1) is 0 Å². The number of Topliss-reactive ketones (excluding diaryl/α,β-unsaturated/α-hetero) is 1. The number of alkyl halides is 3. The van der Waals surface area contributed by atoms with Crippen LogP contribution in [0.1, 0.15) is 58.6 Å². The molecule has 1 aromatic rings. The average molecular weight is 416 g/mol. The summed E-state index contributed by atoms with van der Waals surface area (Å²) < 4.78 is 39.1. The van der Waals surface area contributed by atoms with E-state index in [0.29, 0.717) is 12.8 Å². The zero-order valence-corrected chi connectivity index (χ0v) is 17.0. The monoisotopic (exact) mass is 416 g/mol. The van der Waals surface area contributed by atoms with E-state index in [1.54, 1.807) is 30.3 Å². The minimum absolute atomic E-state index is 0.0203. The highest BCUT2D eigenvalue weighted by atomic mass is 19.4. The highest BCUT2D eigenvalue weighted by molar-refractivity contribution is 6.38. The zero-order valence-electron chi connectivity index (χ0n) is 17.0. The van der Waals surface area contributed by atoms with Crippen molar-refractivity contribution in [2.75, 3.05) is 0 Å². The fourth-order valence-electron chi connectivity index (χ4n) is 2.67. The van der Waals surface area contributed by atoms with Crippen molar-refractivity contribution in [3.63, 3.8) is 0 Å². The van der Waals surface area contributed by atoms with Gasteiger partial charge in [-0.1, -0.05) is 43.7 Å². The molecule has 0 saturated heterocycles. The van der Waals surface area contributed by atoms with Crippen molar-refractivity contribution in [3.8, 4) is 0 Å². The van der Waals surface area contributed by atoms with Crippen molar-refractivity contribution in [3.05, 3.63) is 35.9 Å². The number of benzene rings is 1. The highest BCUT2D eigenvalue weighted by Gasteiger charge is 2.42. The summed E-state index contributed by atoms with van der Waals surface area (Å²) in [6, 6.07) is 6.12. The van der Waals surface area contributed by atoms with E-state index in [-0.39, 0.29) is 11.5 Å². The number of amides is 2. The molecule has 2 amide bonds. The largest absolute Gasteiger partial charge is 0.391 e. The second-order valence-corrected chi connectivity index (χ2v) is 7.59. The number of hydroxylamine groups is 2. The van der Waals surface area contributed by atoms with Crippen molar-refractivity contribution >= 4 is 18.1 Å². The van der Waals surface area contributed by atoms with E-state index >= 15 is 0 Å². The first kappa shape index (κ1) is 24.6. The van der Waals surface area contributed by atoms with Crippen LogP contribution >= 0.6 is 0 Å². The number of hydrogen-bond acceptors (Lipinski definition) is 4. The first-order valence-electron chi connectivity index (χ1n) is 9.27. The lowest BCUT2D eigenvalue weighted by Crippen LogP contribution is -2.51. The highest BCUT2D eigenvalue weighted by Crippen LogP contribution is 2.26. The predicted molar refractivity (Wildman–Crippen MR) is 100 cm³/mol. The summed E-state index contributed by atoms with van der Waals surface area (Å²) in [4.78, 5) is 41.6. The molecule has 0 unspecified atom stereocenters. The molecule has 0 aromatic heterocycles. The Hall–Kier alpha value is -2.42. The number of nitrogens with zero attached hydrogens (tertiary/aromatic N) is 1. The Balaban J connectivity index is 3.09. The molecule has 0 spiro atoms. The third-order valence-corrected chi connectivity index (χ3v) is 3.83. The van der Waals surface area contributed by atoms with Crippen LogP contribution < -0.4 is 5.32 Å². The van der Waals surface area contributed by atoms with Gasteiger partial charge in [-0.25, -0.2) is 5.06 Å². The Labute approximate surface area is 168 Å². The van der Waals surface area contributed by atoms with Crippen molar-refractivity contribution in [2.45, 2.75) is 70.8 Å². The number of rotatable bonds is 10. The second-order valence-electron chi connectivity index (χ2n) is 7.59. The number of nitrogens with one attached hydrogen (secondary N) is 1. The number of carbonyl (C=O) groups excluding carboxylic acids is 3. The Morgan fingerprint density at radius 3 is 2.21 bits per heavy atom. The minimum Gasteiger partial charge on any atom is -0.343 e. The maximum Gasteiger partial charge on any atom is 0.391 e. The van der Waals surface area contributed by atoms with E-state index in [1.807, 2.05) is 6.92 Å². The summed E-state index contributed by atoms with van der Waals surface area (Å²) in [7, 11) is 0. The van der Waals surface area contributed by atoms with E-state index < -0.39 is 42.0 Å². The quantitative estimate of drug-likeness (QED) is 0.358. The van der Waals surface area contributed by atoms with Crippen LogP contribution in [0.4, 0.5) is 13.2 Å². The third-order valence-electron chi connectivity index (χ3n) is 3.83. The average Bonchev–Trinajstić information content (AvgIpc) is 2.62. The van der Waals surface area contributed by atoms with Gasteiger partial charge < -0.3 is 5.32 Å². The van der Waals surface area contributed by atoms with Gasteiger partial charge >= 0.3 is 6.18 Å². The topological polar surface area (TPSA) is 75.7 Å². The smallest absolute Gasteiger partial charge is 0.343 e. The molecular weight excluding hydrogens is 389 g/mol. The molecule has 29 heavy (non-hydrogen) atoms. The van der Waals surface area contributed by atoms with E-state index in [1.165, 1.54) is 20.8 Å². The number of carbonyl (C=O) groups is 3. The molecular formula is C20H27F3N2O4. The van der Waals surface area contributed by atoms with Crippen LogP contribution in [0.3, 0.4) is 0 Å². The van der Waals surface area contributed by atoms with Gasteiger partial charge in [-0.15, -0.1) is 0 Å². The van der Waals surface area contributed by atoms with Gasteiger partial charge in [0.1, 0.15) is 6.04 Å². The van der Waals surface area contributed by atoms with Crippen LogP contribution in [-0.4, -0.2) is 41.0 Å². The van der Waals surface area contributed by atoms with Crippen molar-refractivity contribution in [1.82, 2.24) is 10.4 Å². The minimum atomic E-state index is -4.79. The second kappa shape index (κ2) is 10.4. The predicted octanol–water partition coefficient (Wildman–Crippen LogP) is 3.72. The lowest BCUT2D eigenvalue weighted by atomic mass is 10.0.